The van der Waals surface area contributed by atoms with Crippen molar-refractivity contribution in [2.24, 2.45) is 11.7 Å². The molecule has 0 aliphatic carbocycles. The van der Waals surface area contributed by atoms with Crippen molar-refractivity contribution in [1.82, 2.24) is 5.32 Å². The van der Waals surface area contributed by atoms with Crippen LogP contribution in [-0.4, -0.2) is 39.3 Å². The van der Waals surface area contributed by atoms with Gasteiger partial charge in [-0.3, -0.25) is 0 Å². The Morgan fingerprint density at radius 2 is 2.00 bits per heavy atom. The lowest BCUT2D eigenvalue weighted by Crippen LogP contribution is -2.21. The minimum Gasteiger partial charge on any atom is -0.405 e. The number of hydrogen-bond donors (Lipinski definition) is 3. The van der Waals surface area contributed by atoms with Gasteiger partial charge in [0.2, 0.25) is 0 Å². The van der Waals surface area contributed by atoms with E-state index in [9.17, 15) is 0 Å². The highest BCUT2D eigenvalue weighted by atomic mass is 16.5. The van der Waals surface area contributed by atoms with Gasteiger partial charge in [0, 0.05) is 26.0 Å². The minimum atomic E-state index is 0. The van der Waals surface area contributed by atoms with E-state index in [0.29, 0.717) is 0 Å². The summed E-state index contributed by atoms with van der Waals surface area (Å²) in [6, 6.07) is 0.849. The number of ether oxygens (including phenoxy) is 1. The molecule has 0 amide bonds. The zero-order valence-corrected chi connectivity index (χ0v) is 14.2. The molecule has 0 radical (unpaired) electrons. The van der Waals surface area contributed by atoms with Gasteiger partial charge in [-0.1, -0.05) is 21.3 Å². The van der Waals surface area contributed by atoms with Crippen LogP contribution in [0.5, 0.6) is 0 Å². The summed E-state index contributed by atoms with van der Waals surface area (Å²) in [6.45, 7) is 10.6. The van der Waals surface area contributed by atoms with E-state index in [4.69, 9.17) is 15.9 Å². The molecule has 0 bridgehead atoms. The summed E-state index contributed by atoms with van der Waals surface area (Å²) < 4.78 is 4.54. The normalized spacial score (nSPS) is 15.4. The maximum Gasteiger partial charge on any atom is 0.106 e. The van der Waals surface area contributed by atoms with Crippen LogP contribution in [0.25, 0.3) is 0 Å². The van der Waals surface area contributed by atoms with Crippen LogP contribution in [0.1, 0.15) is 53.9 Å². The van der Waals surface area contributed by atoms with Crippen LogP contribution in [0, 0.1) is 11.3 Å². The molecule has 0 aromatic rings. The maximum atomic E-state index is 8.00. The van der Waals surface area contributed by atoms with Gasteiger partial charge in [-0.15, -0.1) is 0 Å². The summed E-state index contributed by atoms with van der Waals surface area (Å²) in [5, 5.41) is 9.82. The Kier molecular flexibility index (Phi) is 36.8. The van der Waals surface area contributed by atoms with E-state index in [1.807, 2.05) is 13.7 Å². The van der Waals surface area contributed by atoms with Crippen molar-refractivity contribution in [3.05, 3.63) is 12.3 Å². The van der Waals surface area contributed by atoms with E-state index in [2.05, 4.69) is 23.9 Å². The van der Waals surface area contributed by atoms with Gasteiger partial charge in [0.1, 0.15) is 6.79 Å². The van der Waals surface area contributed by atoms with Gasteiger partial charge < -0.3 is 26.0 Å². The number of allylic oxidation sites excluding steroid dienone is 1. The molecular weight excluding hydrogens is 278 g/mol. The lowest BCUT2D eigenvalue weighted by Gasteiger charge is -2.10. The highest BCUT2D eigenvalue weighted by molar-refractivity contribution is 5.67. The largest absolute Gasteiger partial charge is 0.405 e. The zero-order valence-electron chi connectivity index (χ0n) is 14.2. The Labute approximate surface area is 138 Å². The summed E-state index contributed by atoms with van der Waals surface area (Å²) in [5.41, 5.74) is 4.81. The highest BCUT2D eigenvalue weighted by Crippen LogP contribution is 2.13. The standard InChI is InChI=1S/C9H19N.C3H6N2.C3H8O.CH2O.CH4/c1-8(2)5-6-9-4-3-7-10-9;4-2-1-3-5;1-3-4-2;1-2;/h8-10H,3-7H2,1-2H3;1-4H,5H2;3H2,1-2H3;1H2;1H4/b;3-1-,4-2?;;;. The third-order valence-electron chi connectivity index (χ3n) is 2.75. The van der Waals surface area contributed by atoms with Crippen molar-refractivity contribution in [2.75, 3.05) is 20.3 Å². The molecule has 1 aliphatic heterocycles. The van der Waals surface area contributed by atoms with Crippen molar-refractivity contribution < 1.29 is 9.53 Å². The SMILES string of the molecule is C.C=O.CC(C)CCC1CCCN1.CCOC.N=C/C=C\N. The number of nitrogens with one attached hydrogen (secondary N) is 2. The molecule has 1 unspecified atom stereocenters. The molecule has 0 aromatic carbocycles. The van der Waals surface area contributed by atoms with E-state index in [1.54, 1.807) is 7.11 Å². The Morgan fingerprint density at radius 3 is 2.23 bits per heavy atom. The fourth-order valence-corrected chi connectivity index (χ4v) is 1.59. The average Bonchev–Trinajstić information content (AvgIpc) is 3.02. The predicted molar refractivity (Wildman–Crippen MR) is 98.6 cm³/mol. The molecule has 4 N–H and O–H groups in total. The third-order valence-corrected chi connectivity index (χ3v) is 2.75. The summed E-state index contributed by atoms with van der Waals surface area (Å²) in [4.78, 5) is 8.00. The van der Waals surface area contributed by atoms with Gasteiger partial charge in [0.05, 0.1) is 0 Å². The van der Waals surface area contributed by atoms with Crippen molar-refractivity contribution in [3.8, 4) is 0 Å². The summed E-state index contributed by atoms with van der Waals surface area (Å²) in [5.74, 6) is 0.877. The topological polar surface area (TPSA) is 88.2 Å². The lowest BCUT2D eigenvalue weighted by atomic mass is 10.0. The summed E-state index contributed by atoms with van der Waals surface area (Å²) in [7, 11) is 1.68. The third kappa shape index (κ3) is 31.3. The second-order valence-corrected chi connectivity index (χ2v) is 4.89. The molecule has 1 fully saturated rings. The molecule has 1 atom stereocenters. The summed E-state index contributed by atoms with van der Waals surface area (Å²) in [6.07, 6.45) is 9.46. The Hall–Kier alpha value is -1.20. The number of methoxy groups -OCH3 is 1. The van der Waals surface area contributed by atoms with E-state index in [1.165, 1.54) is 44.5 Å². The second kappa shape index (κ2) is 28.0. The number of carbonyl (C=O) groups excluding carboxylic acids is 1. The number of nitrogens with two attached hydrogens (primary N) is 1. The van der Waals surface area contributed by atoms with Crippen LogP contribution >= 0.6 is 0 Å². The maximum absolute atomic E-state index is 8.00. The molecule has 5 heteroatoms. The number of carbonyl (C=O) groups is 1. The van der Waals surface area contributed by atoms with Gasteiger partial charge in [0.15, 0.2) is 0 Å². The molecule has 0 spiro atoms. The van der Waals surface area contributed by atoms with E-state index >= 15 is 0 Å². The first-order valence-electron chi connectivity index (χ1n) is 7.50. The van der Waals surface area contributed by atoms with Gasteiger partial charge in [0.25, 0.3) is 0 Å². The molecule has 5 nitrogen and oxygen atoms in total. The predicted octanol–water partition coefficient (Wildman–Crippen LogP) is 3.39. The van der Waals surface area contributed by atoms with Gasteiger partial charge in [-0.05, 0) is 57.3 Å². The quantitative estimate of drug-likeness (QED) is 0.678. The molecule has 1 heterocycles. The van der Waals surface area contributed by atoms with E-state index in [-0.39, 0.29) is 7.43 Å². The Balaban J connectivity index is -0.000000116. The van der Waals surface area contributed by atoms with Gasteiger partial charge in [-0.2, -0.15) is 0 Å². The van der Waals surface area contributed by atoms with Crippen molar-refractivity contribution in [2.45, 2.75) is 59.9 Å². The molecule has 22 heavy (non-hydrogen) atoms. The monoisotopic (exact) mass is 317 g/mol. The molecule has 0 aromatic heterocycles. The number of rotatable bonds is 5. The fraction of sp³-hybridized carbons (Fsp3) is 0.765. The molecular formula is C17H39N3O2. The molecule has 0 saturated carbocycles. The van der Waals surface area contributed by atoms with Gasteiger partial charge >= 0.3 is 0 Å². The van der Waals surface area contributed by atoms with E-state index in [0.717, 1.165) is 24.8 Å². The first-order chi connectivity index (χ1) is 10.1. The number of hydrogen-bond acceptors (Lipinski definition) is 5. The first kappa shape index (κ1) is 28.9. The van der Waals surface area contributed by atoms with Crippen LogP contribution in [0.15, 0.2) is 12.3 Å². The minimum absolute atomic E-state index is 0. The lowest BCUT2D eigenvalue weighted by molar-refractivity contribution is -0.0979. The zero-order chi connectivity index (χ0) is 16.9. The highest BCUT2D eigenvalue weighted by Gasteiger charge is 2.13. The van der Waals surface area contributed by atoms with Crippen molar-refractivity contribution in [3.63, 3.8) is 0 Å². The fourth-order valence-electron chi connectivity index (χ4n) is 1.59. The van der Waals surface area contributed by atoms with Crippen LogP contribution in [0.3, 0.4) is 0 Å². The summed E-state index contributed by atoms with van der Waals surface area (Å²) >= 11 is 0. The second-order valence-electron chi connectivity index (χ2n) is 4.89. The van der Waals surface area contributed by atoms with Crippen LogP contribution < -0.4 is 11.1 Å². The Morgan fingerprint density at radius 1 is 1.45 bits per heavy atom. The average molecular weight is 318 g/mol. The molecule has 134 valence electrons. The smallest absolute Gasteiger partial charge is 0.106 e. The van der Waals surface area contributed by atoms with E-state index < -0.39 is 0 Å². The first-order valence-corrected chi connectivity index (χ1v) is 7.50. The van der Waals surface area contributed by atoms with Gasteiger partial charge in [-0.25, -0.2) is 0 Å². The van der Waals surface area contributed by atoms with Crippen LogP contribution in [0.4, 0.5) is 0 Å². The van der Waals surface area contributed by atoms with Crippen LogP contribution in [0.2, 0.25) is 0 Å². The van der Waals surface area contributed by atoms with Crippen molar-refractivity contribution >= 4 is 13.0 Å². The molecule has 1 aliphatic rings. The molecule has 1 saturated heterocycles. The van der Waals surface area contributed by atoms with Crippen molar-refractivity contribution in [1.29, 1.82) is 5.41 Å². The Bertz CT molecular complexity index is 214. The van der Waals surface area contributed by atoms with Crippen LogP contribution in [-0.2, 0) is 9.53 Å². The molecule has 1 rings (SSSR count).